The Morgan fingerprint density at radius 2 is 1.79 bits per heavy atom. The molecule has 0 aromatic carbocycles. The van der Waals surface area contributed by atoms with Crippen LogP contribution in [0.15, 0.2) is 0 Å². The van der Waals surface area contributed by atoms with Crippen LogP contribution < -0.4 is 5.73 Å². The second kappa shape index (κ2) is 7.74. The summed E-state index contributed by atoms with van der Waals surface area (Å²) < 4.78 is 5.69. The third-order valence-electron chi connectivity index (χ3n) is 4.38. The first-order valence-electron chi connectivity index (χ1n) is 7.49. The molecule has 2 aliphatic heterocycles. The molecule has 4 heteroatoms. The summed E-state index contributed by atoms with van der Waals surface area (Å²) in [4.78, 5) is 5.06. The van der Waals surface area contributed by atoms with E-state index in [0.717, 1.165) is 18.8 Å². The molecular weight excluding hydrogens is 238 g/mol. The topological polar surface area (TPSA) is 41.7 Å². The summed E-state index contributed by atoms with van der Waals surface area (Å²) in [6, 6.07) is 2.38. The SMILES string of the molecule is CN1CCC(CN2CCC(OCC#CN)CC2)CC1. The van der Waals surface area contributed by atoms with Gasteiger partial charge in [0, 0.05) is 25.7 Å². The Bertz CT molecular complexity index is 307. The summed E-state index contributed by atoms with van der Waals surface area (Å²) in [6.45, 7) is 6.64. The molecule has 0 unspecified atom stereocenters. The summed E-state index contributed by atoms with van der Waals surface area (Å²) in [5.41, 5.74) is 5.13. The minimum Gasteiger partial charge on any atom is -0.365 e. The van der Waals surface area contributed by atoms with Crippen LogP contribution in [0.5, 0.6) is 0 Å². The Labute approximate surface area is 117 Å². The molecule has 0 radical (unpaired) electrons. The van der Waals surface area contributed by atoms with E-state index in [0.29, 0.717) is 12.7 Å². The van der Waals surface area contributed by atoms with Gasteiger partial charge in [-0.15, -0.1) is 0 Å². The van der Waals surface area contributed by atoms with Gasteiger partial charge in [-0.05, 0) is 51.7 Å². The van der Waals surface area contributed by atoms with Gasteiger partial charge in [-0.3, -0.25) is 0 Å². The molecule has 0 aliphatic carbocycles. The average molecular weight is 265 g/mol. The average Bonchev–Trinajstić information content (AvgIpc) is 2.44. The van der Waals surface area contributed by atoms with Crippen molar-refractivity contribution in [1.29, 1.82) is 0 Å². The Morgan fingerprint density at radius 3 is 2.42 bits per heavy atom. The lowest BCUT2D eigenvalue weighted by Crippen LogP contribution is -2.42. The number of ether oxygens (including phenoxy) is 1. The lowest BCUT2D eigenvalue weighted by atomic mass is 9.95. The largest absolute Gasteiger partial charge is 0.365 e. The Balaban J connectivity index is 1.61. The van der Waals surface area contributed by atoms with Gasteiger partial charge in [-0.1, -0.05) is 5.92 Å². The maximum absolute atomic E-state index is 5.69. The van der Waals surface area contributed by atoms with Crippen molar-refractivity contribution in [2.75, 3.05) is 46.4 Å². The minimum atomic E-state index is 0.384. The summed E-state index contributed by atoms with van der Waals surface area (Å²) in [7, 11) is 2.23. The fourth-order valence-corrected chi connectivity index (χ4v) is 3.07. The third-order valence-corrected chi connectivity index (χ3v) is 4.38. The van der Waals surface area contributed by atoms with E-state index in [1.165, 1.54) is 45.6 Å². The van der Waals surface area contributed by atoms with Crippen LogP contribution in [0.2, 0.25) is 0 Å². The summed E-state index contributed by atoms with van der Waals surface area (Å²) in [5, 5.41) is 0. The van der Waals surface area contributed by atoms with Crippen LogP contribution in [0, 0.1) is 17.9 Å². The summed E-state index contributed by atoms with van der Waals surface area (Å²) >= 11 is 0. The fraction of sp³-hybridized carbons (Fsp3) is 0.867. The highest BCUT2D eigenvalue weighted by atomic mass is 16.5. The lowest BCUT2D eigenvalue weighted by molar-refractivity contribution is 0.0182. The summed E-state index contributed by atoms with van der Waals surface area (Å²) in [5.74, 6) is 3.66. The Kier molecular flexibility index (Phi) is 5.96. The number of hydrogen-bond acceptors (Lipinski definition) is 4. The van der Waals surface area contributed by atoms with Gasteiger partial charge in [-0.2, -0.15) is 0 Å². The second-order valence-electron chi connectivity index (χ2n) is 5.88. The molecule has 2 saturated heterocycles. The molecule has 2 fully saturated rings. The van der Waals surface area contributed by atoms with Gasteiger partial charge >= 0.3 is 0 Å². The number of nitrogens with zero attached hydrogens (tertiary/aromatic N) is 2. The predicted molar refractivity (Wildman–Crippen MR) is 77.6 cm³/mol. The van der Waals surface area contributed by atoms with Crippen LogP contribution in [-0.2, 0) is 4.74 Å². The van der Waals surface area contributed by atoms with Gasteiger partial charge in [0.05, 0.1) is 6.10 Å². The number of piperidine rings is 2. The quantitative estimate of drug-likeness (QED) is 0.601. The van der Waals surface area contributed by atoms with Gasteiger partial charge in [-0.25, -0.2) is 0 Å². The van der Waals surface area contributed by atoms with E-state index in [4.69, 9.17) is 10.5 Å². The first-order chi connectivity index (χ1) is 9.28. The van der Waals surface area contributed by atoms with Gasteiger partial charge < -0.3 is 20.3 Å². The molecule has 2 aliphatic rings. The van der Waals surface area contributed by atoms with Gasteiger partial charge in [0.1, 0.15) is 6.61 Å². The molecule has 2 rings (SSSR count). The molecule has 2 N–H and O–H groups in total. The lowest BCUT2D eigenvalue weighted by Gasteiger charge is -2.36. The van der Waals surface area contributed by atoms with Crippen molar-refractivity contribution in [3.8, 4) is 12.0 Å². The molecule has 0 saturated carbocycles. The van der Waals surface area contributed by atoms with Crippen LogP contribution in [0.4, 0.5) is 0 Å². The minimum absolute atomic E-state index is 0.384. The first-order valence-corrected chi connectivity index (χ1v) is 7.49. The smallest absolute Gasteiger partial charge is 0.109 e. The maximum Gasteiger partial charge on any atom is 0.109 e. The van der Waals surface area contributed by atoms with Crippen molar-refractivity contribution < 1.29 is 4.74 Å². The molecule has 0 spiro atoms. The normalized spacial score (nSPS) is 24.1. The van der Waals surface area contributed by atoms with Crippen molar-refractivity contribution in [2.45, 2.75) is 31.8 Å². The zero-order chi connectivity index (χ0) is 13.5. The zero-order valence-corrected chi connectivity index (χ0v) is 12.1. The van der Waals surface area contributed by atoms with E-state index in [2.05, 4.69) is 28.8 Å². The van der Waals surface area contributed by atoms with E-state index in [-0.39, 0.29) is 0 Å². The number of nitrogens with two attached hydrogens (primary N) is 1. The maximum atomic E-state index is 5.69. The van der Waals surface area contributed by atoms with Crippen LogP contribution >= 0.6 is 0 Å². The molecule has 4 nitrogen and oxygen atoms in total. The van der Waals surface area contributed by atoms with Crippen LogP contribution in [-0.4, -0.2) is 62.3 Å². The number of rotatable bonds is 4. The highest BCUT2D eigenvalue weighted by Crippen LogP contribution is 2.20. The first kappa shape index (κ1) is 14.6. The molecule has 0 amide bonds. The molecule has 0 bridgehead atoms. The van der Waals surface area contributed by atoms with Gasteiger partial charge in [0.25, 0.3) is 0 Å². The predicted octanol–water partition coefficient (Wildman–Crippen LogP) is 0.729. The molecule has 0 atom stereocenters. The third kappa shape index (κ3) is 5.02. The van der Waals surface area contributed by atoms with Crippen molar-refractivity contribution in [2.24, 2.45) is 11.7 Å². The standard InChI is InChI=1S/C15H27N3O/c1-17-8-3-14(4-9-17)13-18-10-5-15(6-11-18)19-12-2-7-16/h14-15H,3-6,8-13,16H2,1H3. The van der Waals surface area contributed by atoms with Crippen LogP contribution in [0.3, 0.4) is 0 Å². The van der Waals surface area contributed by atoms with Crippen LogP contribution in [0.1, 0.15) is 25.7 Å². The number of hydrogen-bond donors (Lipinski definition) is 1. The van der Waals surface area contributed by atoms with E-state index in [1.54, 1.807) is 0 Å². The molecule has 0 aromatic heterocycles. The zero-order valence-electron chi connectivity index (χ0n) is 12.1. The van der Waals surface area contributed by atoms with E-state index in [9.17, 15) is 0 Å². The van der Waals surface area contributed by atoms with Crippen LogP contribution in [0.25, 0.3) is 0 Å². The summed E-state index contributed by atoms with van der Waals surface area (Å²) in [6.07, 6.45) is 5.38. The monoisotopic (exact) mass is 265 g/mol. The highest BCUT2D eigenvalue weighted by Gasteiger charge is 2.23. The molecule has 19 heavy (non-hydrogen) atoms. The molecule has 0 aromatic rings. The van der Waals surface area contributed by atoms with E-state index < -0.39 is 0 Å². The van der Waals surface area contributed by atoms with Crippen molar-refractivity contribution in [1.82, 2.24) is 9.80 Å². The van der Waals surface area contributed by atoms with Crippen molar-refractivity contribution >= 4 is 0 Å². The van der Waals surface area contributed by atoms with E-state index >= 15 is 0 Å². The molecular formula is C15H27N3O. The Hall–Kier alpha value is -0.760. The van der Waals surface area contributed by atoms with Crippen molar-refractivity contribution in [3.63, 3.8) is 0 Å². The highest BCUT2D eigenvalue weighted by molar-refractivity contribution is 4.94. The Morgan fingerprint density at radius 1 is 1.11 bits per heavy atom. The fourth-order valence-electron chi connectivity index (χ4n) is 3.07. The molecule has 2 heterocycles. The molecule has 108 valence electrons. The van der Waals surface area contributed by atoms with Gasteiger partial charge in [0.15, 0.2) is 0 Å². The second-order valence-corrected chi connectivity index (χ2v) is 5.88. The number of likely N-dealkylation sites (tertiary alicyclic amines) is 2. The van der Waals surface area contributed by atoms with Gasteiger partial charge in [0.2, 0.25) is 0 Å². The van der Waals surface area contributed by atoms with E-state index in [1.807, 2.05) is 0 Å². The van der Waals surface area contributed by atoms with Crippen molar-refractivity contribution in [3.05, 3.63) is 0 Å².